The molecule has 80 valence electrons. The van der Waals surface area contributed by atoms with Crippen LogP contribution in [0.4, 0.5) is 4.39 Å². The zero-order valence-electron chi connectivity index (χ0n) is 8.67. The molecule has 0 N–H and O–H groups in total. The first kappa shape index (κ1) is 12.2. The third kappa shape index (κ3) is 3.29. The summed E-state index contributed by atoms with van der Waals surface area (Å²) in [6.07, 6.45) is 0. The highest BCUT2D eigenvalue weighted by Crippen LogP contribution is 2.19. The van der Waals surface area contributed by atoms with E-state index in [-0.39, 0.29) is 11.9 Å². The smallest absolute Gasteiger partial charge is 0.124 e. The van der Waals surface area contributed by atoms with Gasteiger partial charge in [0.2, 0.25) is 0 Å². The number of rotatable bonds is 3. The van der Waals surface area contributed by atoms with Gasteiger partial charge in [-0.2, -0.15) is 5.26 Å². The average Bonchev–Trinajstić information content (AvgIpc) is 2.20. The van der Waals surface area contributed by atoms with Gasteiger partial charge in [0, 0.05) is 11.0 Å². The molecule has 0 aromatic heterocycles. The first-order chi connectivity index (χ1) is 7.04. The fraction of sp³-hybridized carbons (Fsp3) is 0.364. The van der Waals surface area contributed by atoms with Crippen molar-refractivity contribution in [2.75, 3.05) is 7.05 Å². The van der Waals surface area contributed by atoms with Gasteiger partial charge in [-0.05, 0) is 31.7 Å². The first-order valence-electron chi connectivity index (χ1n) is 4.58. The predicted octanol–water partition coefficient (Wildman–Crippen LogP) is 2.93. The molecule has 0 bridgehead atoms. The molecule has 0 saturated heterocycles. The van der Waals surface area contributed by atoms with Crippen molar-refractivity contribution in [1.82, 2.24) is 4.90 Å². The zero-order valence-corrected chi connectivity index (χ0v) is 10.3. The summed E-state index contributed by atoms with van der Waals surface area (Å²) in [5.41, 5.74) is 0.973. The van der Waals surface area contributed by atoms with Crippen LogP contribution in [0.25, 0.3) is 0 Å². The molecule has 1 atom stereocenters. The van der Waals surface area contributed by atoms with Gasteiger partial charge in [0.25, 0.3) is 0 Å². The minimum atomic E-state index is -0.262. The van der Waals surface area contributed by atoms with Crippen LogP contribution in [0.5, 0.6) is 0 Å². The van der Waals surface area contributed by atoms with E-state index < -0.39 is 0 Å². The summed E-state index contributed by atoms with van der Waals surface area (Å²) in [5.74, 6) is -0.262. The molecular weight excluding hydrogens is 259 g/mol. The summed E-state index contributed by atoms with van der Waals surface area (Å²) < 4.78 is 13.5. The van der Waals surface area contributed by atoms with E-state index in [0.717, 1.165) is 10.0 Å². The number of nitriles is 1. The number of benzene rings is 1. The summed E-state index contributed by atoms with van der Waals surface area (Å²) in [6.45, 7) is 2.45. The van der Waals surface area contributed by atoms with Gasteiger partial charge < -0.3 is 0 Å². The van der Waals surface area contributed by atoms with Crippen molar-refractivity contribution in [2.45, 2.75) is 19.5 Å². The fourth-order valence-corrected chi connectivity index (χ4v) is 1.63. The molecule has 0 aliphatic carbocycles. The van der Waals surface area contributed by atoms with Crippen molar-refractivity contribution in [3.63, 3.8) is 0 Å². The van der Waals surface area contributed by atoms with Gasteiger partial charge in [0.05, 0.1) is 12.1 Å². The van der Waals surface area contributed by atoms with Crippen molar-refractivity contribution in [1.29, 1.82) is 5.26 Å². The molecule has 0 heterocycles. The maximum absolute atomic E-state index is 12.8. The molecule has 0 aliphatic rings. The maximum atomic E-state index is 12.8. The summed E-state index contributed by atoms with van der Waals surface area (Å²) >= 11 is 3.30. The van der Waals surface area contributed by atoms with E-state index in [2.05, 4.69) is 22.0 Å². The van der Waals surface area contributed by atoms with Gasteiger partial charge in [0.1, 0.15) is 5.82 Å². The minimum Gasteiger partial charge on any atom is -0.287 e. The van der Waals surface area contributed by atoms with E-state index in [1.54, 1.807) is 6.07 Å². The Labute approximate surface area is 97.4 Å². The molecular formula is C11H12BrFN2. The summed E-state index contributed by atoms with van der Waals surface area (Å²) in [6, 6.07) is 6.58. The molecule has 0 aliphatic heterocycles. The molecule has 1 unspecified atom stereocenters. The predicted molar refractivity (Wildman–Crippen MR) is 60.6 cm³/mol. The van der Waals surface area contributed by atoms with Gasteiger partial charge >= 0.3 is 0 Å². The standard InChI is InChI=1S/C11H12BrFN2/c1-8(6-14)15(2)7-9-3-4-10(13)5-11(9)12/h3-5,8H,7H2,1-2H3. The average molecular weight is 271 g/mol. The van der Waals surface area contributed by atoms with Crippen LogP contribution >= 0.6 is 15.9 Å². The van der Waals surface area contributed by atoms with Crippen LogP contribution in [0, 0.1) is 17.1 Å². The summed E-state index contributed by atoms with van der Waals surface area (Å²) in [7, 11) is 1.86. The number of nitrogens with zero attached hydrogens (tertiary/aromatic N) is 2. The van der Waals surface area contributed by atoms with Gasteiger partial charge in [-0.15, -0.1) is 0 Å². The molecule has 4 heteroatoms. The maximum Gasteiger partial charge on any atom is 0.124 e. The highest BCUT2D eigenvalue weighted by atomic mass is 79.9. The Morgan fingerprint density at radius 2 is 2.27 bits per heavy atom. The Balaban J connectivity index is 2.78. The lowest BCUT2D eigenvalue weighted by Crippen LogP contribution is -2.27. The Kier molecular flexibility index (Phi) is 4.25. The van der Waals surface area contributed by atoms with Crippen LogP contribution in [0.3, 0.4) is 0 Å². The topological polar surface area (TPSA) is 27.0 Å². The second-order valence-corrected chi connectivity index (χ2v) is 4.31. The summed E-state index contributed by atoms with van der Waals surface area (Å²) in [4.78, 5) is 1.90. The van der Waals surface area contributed by atoms with Gasteiger partial charge in [-0.1, -0.05) is 22.0 Å². The van der Waals surface area contributed by atoms with Crippen LogP contribution in [0.15, 0.2) is 22.7 Å². The number of hydrogen-bond donors (Lipinski definition) is 0. The molecule has 0 amide bonds. The van der Waals surface area contributed by atoms with Gasteiger partial charge in [-0.25, -0.2) is 4.39 Å². The van der Waals surface area contributed by atoms with Gasteiger partial charge in [0.15, 0.2) is 0 Å². The SMILES string of the molecule is CC(C#N)N(C)Cc1ccc(F)cc1Br. The molecule has 1 rings (SSSR count). The first-order valence-corrected chi connectivity index (χ1v) is 5.37. The quantitative estimate of drug-likeness (QED) is 0.845. The Hall–Kier alpha value is -0.920. The third-order valence-electron chi connectivity index (χ3n) is 2.28. The fourth-order valence-electron chi connectivity index (χ4n) is 1.15. The highest BCUT2D eigenvalue weighted by molar-refractivity contribution is 9.10. The largest absolute Gasteiger partial charge is 0.287 e. The Bertz CT molecular complexity index is 387. The molecule has 15 heavy (non-hydrogen) atoms. The van der Waals surface area contributed by atoms with Crippen molar-refractivity contribution >= 4 is 15.9 Å². The van der Waals surface area contributed by atoms with E-state index in [4.69, 9.17) is 5.26 Å². The Morgan fingerprint density at radius 1 is 1.60 bits per heavy atom. The van der Waals surface area contributed by atoms with Crippen molar-refractivity contribution in [3.8, 4) is 6.07 Å². The Morgan fingerprint density at radius 3 is 2.80 bits per heavy atom. The minimum absolute atomic E-state index is 0.151. The monoisotopic (exact) mass is 270 g/mol. The second kappa shape index (κ2) is 5.24. The van der Waals surface area contributed by atoms with E-state index in [0.29, 0.717) is 6.54 Å². The zero-order chi connectivity index (χ0) is 11.4. The molecule has 1 aromatic carbocycles. The molecule has 0 spiro atoms. The lowest BCUT2D eigenvalue weighted by atomic mass is 10.2. The van der Waals surface area contributed by atoms with Crippen molar-refractivity contribution in [2.24, 2.45) is 0 Å². The van der Waals surface area contributed by atoms with Crippen LogP contribution in [0.2, 0.25) is 0 Å². The third-order valence-corrected chi connectivity index (χ3v) is 3.02. The van der Waals surface area contributed by atoms with Crippen LogP contribution in [0.1, 0.15) is 12.5 Å². The van der Waals surface area contributed by atoms with Crippen LogP contribution in [-0.4, -0.2) is 18.0 Å². The van der Waals surface area contributed by atoms with Crippen LogP contribution in [-0.2, 0) is 6.54 Å². The lowest BCUT2D eigenvalue weighted by Gasteiger charge is -2.19. The van der Waals surface area contributed by atoms with Crippen LogP contribution < -0.4 is 0 Å². The summed E-state index contributed by atoms with van der Waals surface area (Å²) in [5, 5.41) is 8.73. The van der Waals surface area contributed by atoms with Crippen molar-refractivity contribution in [3.05, 3.63) is 34.1 Å². The van der Waals surface area contributed by atoms with E-state index >= 15 is 0 Å². The highest BCUT2D eigenvalue weighted by Gasteiger charge is 2.10. The molecule has 0 saturated carbocycles. The van der Waals surface area contributed by atoms with E-state index in [1.165, 1.54) is 12.1 Å². The molecule has 0 fully saturated rings. The normalized spacial score (nSPS) is 12.5. The molecule has 2 nitrogen and oxygen atoms in total. The van der Waals surface area contributed by atoms with E-state index in [1.807, 2.05) is 18.9 Å². The number of hydrogen-bond acceptors (Lipinski definition) is 2. The lowest BCUT2D eigenvalue weighted by molar-refractivity contribution is 0.294. The van der Waals surface area contributed by atoms with Crippen molar-refractivity contribution < 1.29 is 4.39 Å². The van der Waals surface area contributed by atoms with Gasteiger partial charge in [-0.3, -0.25) is 4.90 Å². The second-order valence-electron chi connectivity index (χ2n) is 3.46. The number of halogens is 2. The molecule has 0 radical (unpaired) electrons. The van der Waals surface area contributed by atoms with E-state index in [9.17, 15) is 4.39 Å². The molecule has 1 aromatic rings.